The molecule has 198 valence electrons. The Morgan fingerprint density at radius 1 is 1.14 bits per heavy atom. The zero-order valence-electron chi connectivity index (χ0n) is 21.0. The van der Waals surface area contributed by atoms with Crippen molar-refractivity contribution in [3.63, 3.8) is 0 Å². The van der Waals surface area contributed by atoms with Crippen LogP contribution >= 0.6 is 0 Å². The highest BCUT2D eigenvalue weighted by atomic mass is 16.5. The Hall–Kier alpha value is -3.18. The molecule has 0 unspecified atom stereocenters. The van der Waals surface area contributed by atoms with Gasteiger partial charge >= 0.3 is 0 Å². The first kappa shape index (κ1) is 27.4. The van der Waals surface area contributed by atoms with Gasteiger partial charge in [0.2, 0.25) is 17.7 Å². The van der Waals surface area contributed by atoms with Crippen LogP contribution < -0.4 is 20.7 Å². The van der Waals surface area contributed by atoms with E-state index in [4.69, 9.17) is 4.74 Å². The average Bonchev–Trinajstić information content (AvgIpc) is 2.86. The van der Waals surface area contributed by atoms with E-state index >= 15 is 0 Å². The molecule has 3 rings (SSSR count). The third kappa shape index (κ3) is 7.66. The maximum atomic E-state index is 13.1. The highest BCUT2D eigenvalue weighted by molar-refractivity contribution is 6.01. The number of benzene rings is 1. The van der Waals surface area contributed by atoms with Gasteiger partial charge in [-0.15, -0.1) is 0 Å². The van der Waals surface area contributed by atoms with E-state index in [0.717, 1.165) is 25.9 Å². The number of rotatable bonds is 5. The maximum Gasteiger partial charge on any atom is 0.255 e. The second kappa shape index (κ2) is 13.2. The fourth-order valence-corrected chi connectivity index (χ4v) is 4.32. The molecule has 1 aromatic carbocycles. The Kier molecular flexibility index (Phi) is 10.1. The van der Waals surface area contributed by atoms with Crippen molar-refractivity contribution in [2.45, 2.75) is 50.8 Å². The third-order valence-electron chi connectivity index (χ3n) is 6.44. The van der Waals surface area contributed by atoms with Crippen molar-refractivity contribution in [3.8, 4) is 5.75 Å². The first-order valence-electron chi connectivity index (χ1n) is 12.5. The van der Waals surface area contributed by atoms with E-state index in [9.17, 15) is 24.3 Å². The lowest BCUT2D eigenvalue weighted by molar-refractivity contribution is -0.139. The molecule has 36 heavy (non-hydrogen) atoms. The molecule has 11 heteroatoms. The second-order valence-electron chi connectivity index (χ2n) is 9.31. The normalized spacial score (nSPS) is 23.4. The maximum absolute atomic E-state index is 13.1. The molecule has 4 amide bonds. The molecule has 1 fully saturated rings. The standard InChI is InChI=1S/C25H37N5O6/c1-17(31)22-25(35)29(2)14-15-36-20-9-5-4-8-18(20)23(33)27-19(16-21(32)28-22)24(34)26-10-13-30-11-6-3-7-12-30/h4-5,8-9,17,19,22,31H,3,6-7,10-16H2,1-2H3,(H,26,34)(H,27,33)(H,28,32)/t17-,19+,22+/m1/s1. The molecule has 0 aromatic heterocycles. The van der Waals surface area contributed by atoms with Crippen LogP contribution in [0.25, 0.3) is 0 Å². The molecule has 0 saturated carbocycles. The van der Waals surface area contributed by atoms with Gasteiger partial charge < -0.3 is 35.6 Å². The van der Waals surface area contributed by atoms with Gasteiger partial charge in [0.05, 0.1) is 24.6 Å². The smallest absolute Gasteiger partial charge is 0.255 e. The highest BCUT2D eigenvalue weighted by Crippen LogP contribution is 2.18. The van der Waals surface area contributed by atoms with Crippen molar-refractivity contribution in [2.75, 3.05) is 46.4 Å². The zero-order valence-corrected chi connectivity index (χ0v) is 21.0. The number of aliphatic hydroxyl groups excluding tert-OH is 1. The Labute approximate surface area is 211 Å². The Morgan fingerprint density at radius 2 is 1.86 bits per heavy atom. The van der Waals surface area contributed by atoms with Crippen LogP contribution in [0.2, 0.25) is 0 Å². The molecule has 2 aliphatic heterocycles. The van der Waals surface area contributed by atoms with Gasteiger partial charge in [-0.05, 0) is 45.0 Å². The van der Waals surface area contributed by atoms with Crippen LogP contribution in [0.1, 0.15) is 43.0 Å². The predicted octanol–water partition coefficient (Wildman–Crippen LogP) is -0.506. The minimum absolute atomic E-state index is 0.0907. The summed E-state index contributed by atoms with van der Waals surface area (Å²) in [5.74, 6) is -1.88. The monoisotopic (exact) mass is 503 g/mol. The summed E-state index contributed by atoms with van der Waals surface area (Å²) < 4.78 is 5.76. The molecule has 0 radical (unpaired) electrons. The number of ether oxygens (including phenoxy) is 1. The molecule has 1 saturated heterocycles. The molecule has 4 N–H and O–H groups in total. The first-order valence-corrected chi connectivity index (χ1v) is 12.5. The van der Waals surface area contributed by atoms with E-state index in [1.807, 2.05) is 0 Å². The Bertz CT molecular complexity index is 933. The number of likely N-dealkylation sites (tertiary alicyclic amines) is 1. The Morgan fingerprint density at radius 3 is 2.58 bits per heavy atom. The van der Waals surface area contributed by atoms with Crippen LogP contribution in [0.5, 0.6) is 5.75 Å². The Balaban J connectivity index is 1.78. The number of fused-ring (bicyclic) bond motifs is 1. The molecule has 11 nitrogen and oxygen atoms in total. The van der Waals surface area contributed by atoms with Gasteiger partial charge in [0.1, 0.15) is 24.4 Å². The summed E-state index contributed by atoms with van der Waals surface area (Å²) in [5.41, 5.74) is 0.219. The van der Waals surface area contributed by atoms with Crippen LogP contribution in [0.4, 0.5) is 0 Å². The number of nitrogens with one attached hydrogen (secondary N) is 3. The number of hydrogen-bond acceptors (Lipinski definition) is 7. The largest absolute Gasteiger partial charge is 0.491 e. The number of para-hydroxylation sites is 1. The fraction of sp³-hybridized carbons (Fsp3) is 0.600. The summed E-state index contributed by atoms with van der Waals surface area (Å²) in [7, 11) is 1.54. The van der Waals surface area contributed by atoms with E-state index < -0.39 is 48.2 Å². The van der Waals surface area contributed by atoms with Crippen LogP contribution in [-0.4, -0.2) is 103 Å². The second-order valence-corrected chi connectivity index (χ2v) is 9.31. The minimum Gasteiger partial charge on any atom is -0.491 e. The van der Waals surface area contributed by atoms with Crippen LogP contribution in [0.15, 0.2) is 24.3 Å². The number of carbonyl (C=O) groups excluding carboxylic acids is 4. The molecule has 0 bridgehead atoms. The number of hydrogen-bond donors (Lipinski definition) is 4. The van der Waals surface area contributed by atoms with Gasteiger partial charge in [0.15, 0.2) is 0 Å². The van der Waals surface area contributed by atoms with Crippen LogP contribution in [-0.2, 0) is 14.4 Å². The molecule has 3 atom stereocenters. The number of piperidine rings is 1. The summed E-state index contributed by atoms with van der Waals surface area (Å²) in [6, 6.07) is 4.20. The first-order chi connectivity index (χ1) is 17.3. The predicted molar refractivity (Wildman–Crippen MR) is 132 cm³/mol. The highest BCUT2D eigenvalue weighted by Gasteiger charge is 2.32. The average molecular weight is 504 g/mol. The van der Waals surface area contributed by atoms with E-state index in [1.165, 1.54) is 25.3 Å². The molecule has 0 aliphatic carbocycles. The molecule has 2 aliphatic rings. The summed E-state index contributed by atoms with van der Waals surface area (Å²) in [4.78, 5) is 55.4. The van der Waals surface area contributed by atoms with Crippen molar-refractivity contribution in [1.82, 2.24) is 25.8 Å². The lowest BCUT2D eigenvalue weighted by Crippen LogP contribution is -2.56. The van der Waals surface area contributed by atoms with Gasteiger partial charge in [0, 0.05) is 20.1 Å². The van der Waals surface area contributed by atoms with E-state index in [0.29, 0.717) is 18.8 Å². The minimum atomic E-state index is -1.20. The lowest BCUT2D eigenvalue weighted by atomic mass is 10.1. The van der Waals surface area contributed by atoms with Crippen LogP contribution in [0, 0.1) is 0 Å². The number of carbonyl (C=O) groups is 4. The van der Waals surface area contributed by atoms with Gasteiger partial charge in [-0.1, -0.05) is 18.6 Å². The van der Waals surface area contributed by atoms with Gasteiger partial charge in [-0.3, -0.25) is 19.2 Å². The van der Waals surface area contributed by atoms with Gasteiger partial charge in [-0.25, -0.2) is 0 Å². The number of likely N-dealkylation sites (N-methyl/N-ethyl adjacent to an activating group) is 1. The van der Waals surface area contributed by atoms with Crippen molar-refractivity contribution in [2.24, 2.45) is 0 Å². The van der Waals surface area contributed by atoms with Gasteiger partial charge in [0.25, 0.3) is 5.91 Å². The van der Waals surface area contributed by atoms with E-state index in [1.54, 1.807) is 24.3 Å². The molecule has 0 spiro atoms. The van der Waals surface area contributed by atoms with E-state index in [-0.39, 0.29) is 18.7 Å². The molecular weight excluding hydrogens is 466 g/mol. The van der Waals surface area contributed by atoms with Crippen molar-refractivity contribution >= 4 is 23.6 Å². The van der Waals surface area contributed by atoms with Gasteiger partial charge in [-0.2, -0.15) is 0 Å². The SMILES string of the molecule is C[C@@H](O)[C@@H]1NC(=O)C[C@@H](C(=O)NCCN2CCCCC2)NC(=O)c2ccccc2OCCN(C)C1=O. The van der Waals surface area contributed by atoms with Crippen molar-refractivity contribution < 1.29 is 29.0 Å². The molecule has 1 aromatic rings. The van der Waals surface area contributed by atoms with Crippen molar-refractivity contribution in [3.05, 3.63) is 29.8 Å². The number of aliphatic hydroxyl groups is 1. The summed E-state index contributed by atoms with van der Waals surface area (Å²) in [5, 5.41) is 18.1. The molecule has 2 heterocycles. The fourth-order valence-electron chi connectivity index (χ4n) is 4.32. The van der Waals surface area contributed by atoms with Crippen LogP contribution in [0.3, 0.4) is 0 Å². The summed E-state index contributed by atoms with van der Waals surface area (Å²) >= 11 is 0. The third-order valence-corrected chi connectivity index (χ3v) is 6.44. The lowest BCUT2D eigenvalue weighted by Gasteiger charge is -2.28. The number of amides is 4. The topological polar surface area (TPSA) is 140 Å². The molecular formula is C25H37N5O6. The quantitative estimate of drug-likeness (QED) is 0.424. The number of nitrogens with zero attached hydrogens (tertiary/aromatic N) is 2. The summed E-state index contributed by atoms with van der Waals surface area (Å²) in [6.45, 7) is 4.70. The summed E-state index contributed by atoms with van der Waals surface area (Å²) in [6.07, 6.45) is 1.91. The van der Waals surface area contributed by atoms with Crippen molar-refractivity contribution in [1.29, 1.82) is 0 Å². The zero-order chi connectivity index (χ0) is 26.1. The van der Waals surface area contributed by atoms with E-state index in [2.05, 4.69) is 20.9 Å².